The van der Waals surface area contributed by atoms with Gasteiger partial charge in [-0.1, -0.05) is 6.92 Å². The molecule has 18 heavy (non-hydrogen) atoms. The van der Waals surface area contributed by atoms with Crippen molar-refractivity contribution in [3.63, 3.8) is 0 Å². The molecular formula is C14H24N2O2. The number of nitrogens with two attached hydrogens (primary N) is 1. The van der Waals surface area contributed by atoms with Crippen LogP contribution >= 0.6 is 0 Å². The molecule has 0 amide bonds. The Balaban J connectivity index is 2.15. The van der Waals surface area contributed by atoms with Gasteiger partial charge in [-0.3, -0.25) is 4.90 Å². The van der Waals surface area contributed by atoms with Gasteiger partial charge < -0.3 is 14.9 Å². The van der Waals surface area contributed by atoms with E-state index in [2.05, 4.69) is 11.8 Å². The summed E-state index contributed by atoms with van der Waals surface area (Å²) in [4.78, 5) is 2.41. The number of methoxy groups -OCH3 is 1. The summed E-state index contributed by atoms with van der Waals surface area (Å²) in [7, 11) is 1.76. The standard InChI is InChI=1S/C14H24N2O2/c1-3-16(9-13-5-4-8-18-13)14(10-15,11-17-2)12-6-7-12/h4-5,8,12H,3,6-7,9-11,15H2,1-2H3. The van der Waals surface area contributed by atoms with Crippen molar-refractivity contribution in [2.75, 3.05) is 26.8 Å². The fourth-order valence-corrected chi connectivity index (χ4v) is 2.87. The van der Waals surface area contributed by atoms with Crippen LogP contribution < -0.4 is 5.73 Å². The van der Waals surface area contributed by atoms with Crippen molar-refractivity contribution in [3.05, 3.63) is 24.2 Å². The minimum Gasteiger partial charge on any atom is -0.468 e. The SMILES string of the molecule is CCN(Cc1ccco1)C(CN)(COC)C1CC1. The summed E-state index contributed by atoms with van der Waals surface area (Å²) in [6, 6.07) is 3.95. The van der Waals surface area contributed by atoms with Gasteiger partial charge in [0.15, 0.2) is 0 Å². The lowest BCUT2D eigenvalue weighted by Gasteiger charge is -2.42. The first-order valence-corrected chi connectivity index (χ1v) is 6.73. The Labute approximate surface area is 109 Å². The zero-order valence-electron chi connectivity index (χ0n) is 11.4. The number of nitrogens with zero attached hydrogens (tertiary/aromatic N) is 1. The number of hydrogen-bond acceptors (Lipinski definition) is 4. The molecule has 0 spiro atoms. The molecule has 4 nitrogen and oxygen atoms in total. The maximum Gasteiger partial charge on any atom is 0.117 e. The summed E-state index contributed by atoms with van der Waals surface area (Å²) in [6.45, 7) is 5.27. The third-order valence-corrected chi connectivity index (χ3v) is 4.02. The van der Waals surface area contributed by atoms with Crippen LogP contribution in [0.1, 0.15) is 25.5 Å². The van der Waals surface area contributed by atoms with Crippen LogP contribution in [0.3, 0.4) is 0 Å². The highest BCUT2D eigenvalue weighted by Crippen LogP contribution is 2.43. The monoisotopic (exact) mass is 252 g/mol. The van der Waals surface area contributed by atoms with Crippen molar-refractivity contribution in [1.82, 2.24) is 4.90 Å². The van der Waals surface area contributed by atoms with Crippen molar-refractivity contribution in [3.8, 4) is 0 Å². The van der Waals surface area contributed by atoms with Gasteiger partial charge in [0, 0.05) is 13.7 Å². The molecule has 0 aromatic carbocycles. The smallest absolute Gasteiger partial charge is 0.117 e. The van der Waals surface area contributed by atoms with E-state index in [0.29, 0.717) is 19.1 Å². The quantitative estimate of drug-likeness (QED) is 0.767. The number of hydrogen-bond donors (Lipinski definition) is 1. The molecule has 1 heterocycles. The fourth-order valence-electron chi connectivity index (χ4n) is 2.87. The molecule has 0 saturated heterocycles. The van der Waals surface area contributed by atoms with E-state index in [4.69, 9.17) is 14.9 Å². The number of ether oxygens (including phenoxy) is 1. The Hall–Kier alpha value is -0.840. The third-order valence-electron chi connectivity index (χ3n) is 4.02. The summed E-state index contributed by atoms with van der Waals surface area (Å²) in [5, 5.41) is 0. The molecular weight excluding hydrogens is 228 g/mol. The number of furan rings is 1. The van der Waals surface area contributed by atoms with Crippen molar-refractivity contribution < 1.29 is 9.15 Å². The predicted octanol–water partition coefficient (Wildman–Crippen LogP) is 1.86. The Kier molecular flexibility index (Phi) is 4.43. The lowest BCUT2D eigenvalue weighted by atomic mass is 9.91. The minimum absolute atomic E-state index is 0.0315. The first-order valence-electron chi connectivity index (χ1n) is 6.73. The van der Waals surface area contributed by atoms with Gasteiger partial charge in [0.25, 0.3) is 0 Å². The Morgan fingerprint density at radius 3 is 2.78 bits per heavy atom. The van der Waals surface area contributed by atoms with Crippen LogP contribution in [0.5, 0.6) is 0 Å². The Bertz CT molecular complexity index is 349. The van der Waals surface area contributed by atoms with E-state index in [9.17, 15) is 0 Å². The van der Waals surface area contributed by atoms with Gasteiger partial charge in [-0.05, 0) is 37.4 Å². The molecule has 0 aliphatic heterocycles. The summed E-state index contributed by atoms with van der Waals surface area (Å²) < 4.78 is 10.9. The number of likely N-dealkylation sites (N-methyl/N-ethyl adjacent to an activating group) is 1. The van der Waals surface area contributed by atoms with Crippen LogP contribution in [-0.4, -0.2) is 37.2 Å². The van der Waals surface area contributed by atoms with E-state index in [1.165, 1.54) is 12.8 Å². The highest BCUT2D eigenvalue weighted by molar-refractivity contribution is 5.06. The summed E-state index contributed by atoms with van der Waals surface area (Å²) >= 11 is 0. The average molecular weight is 252 g/mol. The molecule has 4 heteroatoms. The lowest BCUT2D eigenvalue weighted by Crippen LogP contribution is -2.58. The van der Waals surface area contributed by atoms with E-state index in [1.807, 2.05) is 12.1 Å². The average Bonchev–Trinajstić information content (AvgIpc) is 3.12. The lowest BCUT2D eigenvalue weighted by molar-refractivity contribution is -0.00641. The van der Waals surface area contributed by atoms with Gasteiger partial charge in [-0.25, -0.2) is 0 Å². The van der Waals surface area contributed by atoms with Gasteiger partial charge in [-0.15, -0.1) is 0 Å². The number of rotatable bonds is 8. The molecule has 1 atom stereocenters. The molecule has 1 aromatic rings. The summed E-state index contributed by atoms with van der Waals surface area (Å²) in [5.41, 5.74) is 6.06. The van der Waals surface area contributed by atoms with E-state index in [0.717, 1.165) is 18.8 Å². The molecule has 2 rings (SSSR count). The van der Waals surface area contributed by atoms with Crippen molar-refractivity contribution in [1.29, 1.82) is 0 Å². The van der Waals surface area contributed by atoms with Gasteiger partial charge in [0.2, 0.25) is 0 Å². The largest absolute Gasteiger partial charge is 0.468 e. The molecule has 0 bridgehead atoms. The topological polar surface area (TPSA) is 51.6 Å². The van der Waals surface area contributed by atoms with Crippen LogP contribution in [0.4, 0.5) is 0 Å². The van der Waals surface area contributed by atoms with Crippen molar-refractivity contribution in [2.24, 2.45) is 11.7 Å². The third kappa shape index (κ3) is 2.60. The molecule has 2 N–H and O–H groups in total. The van der Waals surface area contributed by atoms with Crippen LogP contribution in [0.25, 0.3) is 0 Å². The summed E-state index contributed by atoms with van der Waals surface area (Å²) in [5.74, 6) is 1.66. The van der Waals surface area contributed by atoms with Crippen LogP contribution in [0.2, 0.25) is 0 Å². The van der Waals surface area contributed by atoms with Gasteiger partial charge in [0.1, 0.15) is 5.76 Å². The zero-order chi connectivity index (χ0) is 13.0. The van der Waals surface area contributed by atoms with E-state index in [-0.39, 0.29) is 5.54 Å². The maximum absolute atomic E-state index is 6.09. The van der Waals surface area contributed by atoms with Gasteiger partial charge in [-0.2, -0.15) is 0 Å². The molecule has 1 saturated carbocycles. The summed E-state index contributed by atoms with van der Waals surface area (Å²) in [6.07, 6.45) is 4.24. The molecule has 0 radical (unpaired) electrons. The van der Waals surface area contributed by atoms with Crippen LogP contribution in [-0.2, 0) is 11.3 Å². The Morgan fingerprint density at radius 1 is 1.56 bits per heavy atom. The molecule has 1 aromatic heterocycles. The minimum atomic E-state index is -0.0315. The van der Waals surface area contributed by atoms with E-state index in [1.54, 1.807) is 13.4 Å². The van der Waals surface area contributed by atoms with Crippen molar-refractivity contribution in [2.45, 2.75) is 31.8 Å². The Morgan fingerprint density at radius 2 is 2.33 bits per heavy atom. The van der Waals surface area contributed by atoms with Gasteiger partial charge in [0.05, 0.1) is 25.0 Å². The van der Waals surface area contributed by atoms with Crippen LogP contribution in [0, 0.1) is 5.92 Å². The predicted molar refractivity (Wildman–Crippen MR) is 71.2 cm³/mol. The molecule has 1 fully saturated rings. The fraction of sp³-hybridized carbons (Fsp3) is 0.714. The second kappa shape index (κ2) is 5.87. The second-order valence-electron chi connectivity index (χ2n) is 5.11. The zero-order valence-corrected chi connectivity index (χ0v) is 11.4. The molecule has 1 aliphatic rings. The first-order chi connectivity index (χ1) is 8.76. The molecule has 102 valence electrons. The van der Waals surface area contributed by atoms with Crippen LogP contribution in [0.15, 0.2) is 22.8 Å². The molecule has 1 aliphatic carbocycles. The molecule has 1 unspecified atom stereocenters. The van der Waals surface area contributed by atoms with Gasteiger partial charge >= 0.3 is 0 Å². The highest BCUT2D eigenvalue weighted by Gasteiger charge is 2.48. The first kappa shape index (κ1) is 13.6. The highest BCUT2D eigenvalue weighted by atomic mass is 16.5. The van der Waals surface area contributed by atoms with E-state index >= 15 is 0 Å². The maximum atomic E-state index is 6.09. The second-order valence-corrected chi connectivity index (χ2v) is 5.11. The normalized spacial score (nSPS) is 19.1. The van der Waals surface area contributed by atoms with E-state index < -0.39 is 0 Å². The van der Waals surface area contributed by atoms with Crippen molar-refractivity contribution >= 4 is 0 Å².